The van der Waals surface area contributed by atoms with Crippen LogP contribution < -0.4 is 10.6 Å². The Bertz CT molecular complexity index is 482. The summed E-state index contributed by atoms with van der Waals surface area (Å²) in [6.45, 7) is 7.32. The third-order valence-corrected chi connectivity index (χ3v) is 3.56. The second-order valence-corrected chi connectivity index (χ2v) is 6.83. The molecule has 1 fully saturated rings. The normalized spacial score (nSPS) is 22.3. The van der Waals surface area contributed by atoms with Crippen molar-refractivity contribution in [2.75, 3.05) is 6.54 Å². The molecule has 0 aromatic heterocycles. The lowest BCUT2D eigenvalue weighted by Gasteiger charge is -2.24. The fraction of sp³-hybridized carbons (Fsp3) is 0.562. The summed E-state index contributed by atoms with van der Waals surface area (Å²) in [7, 11) is 0. The van der Waals surface area contributed by atoms with Gasteiger partial charge in [0.2, 0.25) is 5.91 Å². The van der Waals surface area contributed by atoms with E-state index in [0.717, 1.165) is 12.1 Å². The van der Waals surface area contributed by atoms with Crippen LogP contribution in [0.3, 0.4) is 0 Å². The number of carbonyl (C=O) groups is 1. The average molecular weight is 311 g/mol. The molecule has 0 spiro atoms. The highest BCUT2D eigenvalue weighted by atomic mass is 35.5. The van der Waals surface area contributed by atoms with E-state index in [4.69, 9.17) is 16.3 Å². The Morgan fingerprint density at radius 3 is 2.67 bits per heavy atom. The van der Waals surface area contributed by atoms with Crippen molar-refractivity contribution < 1.29 is 9.53 Å². The number of hydrogen-bond donors (Lipinski definition) is 2. The number of hydrogen-bond acceptors (Lipinski definition) is 3. The number of ether oxygens (including phenoxy) is 1. The third-order valence-electron chi connectivity index (χ3n) is 3.31. The highest BCUT2D eigenvalue weighted by Gasteiger charge is 2.32. The first kappa shape index (κ1) is 16.3. The minimum atomic E-state index is -0.180. The van der Waals surface area contributed by atoms with Crippen molar-refractivity contribution in [1.29, 1.82) is 0 Å². The van der Waals surface area contributed by atoms with Crippen LogP contribution >= 0.6 is 11.6 Å². The summed E-state index contributed by atoms with van der Waals surface area (Å²) in [6, 6.07) is 7.30. The van der Waals surface area contributed by atoms with Gasteiger partial charge in [-0.1, -0.05) is 23.7 Å². The highest BCUT2D eigenvalue weighted by molar-refractivity contribution is 6.30. The van der Waals surface area contributed by atoms with Gasteiger partial charge in [0, 0.05) is 18.1 Å². The van der Waals surface area contributed by atoms with E-state index in [9.17, 15) is 4.79 Å². The first-order valence-electron chi connectivity index (χ1n) is 7.27. The topological polar surface area (TPSA) is 50.4 Å². The fourth-order valence-electron chi connectivity index (χ4n) is 2.41. The standard InChI is InChI=1S/C16H23ClN2O2/c1-16(2,3)21-13-8-14(18-10-13)15(20)19-9-11-4-6-12(17)7-5-11/h4-7,13-14,18H,8-10H2,1-3H3,(H,19,20). The molecule has 4 nitrogen and oxygen atoms in total. The number of carbonyl (C=O) groups excluding carboxylic acids is 1. The highest BCUT2D eigenvalue weighted by Crippen LogP contribution is 2.18. The van der Waals surface area contributed by atoms with Gasteiger partial charge in [-0.15, -0.1) is 0 Å². The van der Waals surface area contributed by atoms with Crippen LogP contribution in [0.25, 0.3) is 0 Å². The van der Waals surface area contributed by atoms with E-state index in [1.54, 1.807) is 0 Å². The van der Waals surface area contributed by atoms with Crippen molar-refractivity contribution >= 4 is 17.5 Å². The van der Waals surface area contributed by atoms with E-state index in [0.29, 0.717) is 18.0 Å². The van der Waals surface area contributed by atoms with Crippen molar-refractivity contribution in [3.63, 3.8) is 0 Å². The van der Waals surface area contributed by atoms with Gasteiger partial charge in [0.25, 0.3) is 0 Å². The Kier molecular flexibility index (Phi) is 5.25. The average Bonchev–Trinajstić information content (AvgIpc) is 2.84. The van der Waals surface area contributed by atoms with Crippen LogP contribution in [0.1, 0.15) is 32.8 Å². The molecule has 1 aliphatic heterocycles. The summed E-state index contributed by atoms with van der Waals surface area (Å²) in [6.07, 6.45) is 0.806. The summed E-state index contributed by atoms with van der Waals surface area (Å²) >= 11 is 5.84. The minimum Gasteiger partial charge on any atom is -0.371 e. The lowest BCUT2D eigenvalue weighted by molar-refractivity contribution is -0.123. The number of nitrogens with one attached hydrogen (secondary N) is 2. The van der Waals surface area contributed by atoms with E-state index in [-0.39, 0.29) is 23.7 Å². The smallest absolute Gasteiger partial charge is 0.237 e. The van der Waals surface area contributed by atoms with Gasteiger partial charge in [-0.2, -0.15) is 0 Å². The maximum Gasteiger partial charge on any atom is 0.237 e. The van der Waals surface area contributed by atoms with Crippen LogP contribution in [0.2, 0.25) is 5.02 Å². The summed E-state index contributed by atoms with van der Waals surface area (Å²) < 4.78 is 5.90. The minimum absolute atomic E-state index is 0.0185. The van der Waals surface area contributed by atoms with Gasteiger partial charge in [-0.05, 0) is 44.9 Å². The number of benzene rings is 1. The lowest BCUT2D eigenvalue weighted by atomic mass is 10.1. The molecule has 2 rings (SSSR count). The lowest BCUT2D eigenvalue weighted by Crippen LogP contribution is -2.40. The van der Waals surface area contributed by atoms with Crippen molar-refractivity contribution in [1.82, 2.24) is 10.6 Å². The van der Waals surface area contributed by atoms with E-state index >= 15 is 0 Å². The van der Waals surface area contributed by atoms with Crippen LogP contribution in [-0.4, -0.2) is 30.2 Å². The molecular weight excluding hydrogens is 288 g/mol. The van der Waals surface area contributed by atoms with Gasteiger partial charge in [0.1, 0.15) is 0 Å². The number of rotatable bonds is 4. The van der Waals surface area contributed by atoms with Crippen molar-refractivity contribution in [3.05, 3.63) is 34.9 Å². The predicted octanol–water partition coefficient (Wildman–Crippen LogP) is 2.50. The van der Waals surface area contributed by atoms with Crippen molar-refractivity contribution in [2.24, 2.45) is 0 Å². The van der Waals surface area contributed by atoms with Crippen LogP contribution in [0, 0.1) is 0 Å². The zero-order valence-corrected chi connectivity index (χ0v) is 13.5. The predicted molar refractivity (Wildman–Crippen MR) is 84.3 cm³/mol. The number of amides is 1. The van der Waals surface area contributed by atoms with Gasteiger partial charge in [-0.25, -0.2) is 0 Å². The molecule has 1 saturated heterocycles. The molecule has 2 N–H and O–H groups in total. The monoisotopic (exact) mass is 310 g/mol. The van der Waals surface area contributed by atoms with Crippen molar-refractivity contribution in [2.45, 2.75) is 51.5 Å². The molecule has 1 aliphatic rings. The van der Waals surface area contributed by atoms with Gasteiger partial charge < -0.3 is 15.4 Å². The molecule has 0 radical (unpaired) electrons. The third kappa shape index (κ3) is 5.30. The summed E-state index contributed by atoms with van der Waals surface area (Å²) in [5.74, 6) is 0.0185. The van der Waals surface area contributed by atoms with Crippen molar-refractivity contribution in [3.8, 4) is 0 Å². The zero-order chi connectivity index (χ0) is 15.5. The Labute approximate surface area is 131 Å². The molecule has 1 amide bonds. The second-order valence-electron chi connectivity index (χ2n) is 6.39. The fourth-order valence-corrected chi connectivity index (χ4v) is 2.53. The molecule has 116 valence electrons. The molecule has 1 heterocycles. The van der Waals surface area contributed by atoms with E-state index < -0.39 is 0 Å². The van der Waals surface area contributed by atoms with E-state index in [1.807, 2.05) is 45.0 Å². The van der Waals surface area contributed by atoms with Crippen LogP contribution in [-0.2, 0) is 16.1 Å². The maximum atomic E-state index is 12.1. The Morgan fingerprint density at radius 2 is 2.05 bits per heavy atom. The first-order valence-corrected chi connectivity index (χ1v) is 7.65. The summed E-state index contributed by atoms with van der Waals surface area (Å²) in [4.78, 5) is 12.1. The maximum absolute atomic E-state index is 12.1. The molecule has 0 saturated carbocycles. The summed E-state index contributed by atoms with van der Waals surface area (Å²) in [5.41, 5.74) is 0.856. The largest absolute Gasteiger partial charge is 0.371 e. The molecule has 1 aromatic rings. The van der Waals surface area contributed by atoms with Gasteiger partial charge in [0.05, 0.1) is 17.7 Å². The van der Waals surface area contributed by atoms with Gasteiger partial charge in [0.15, 0.2) is 0 Å². The molecule has 2 unspecified atom stereocenters. The molecule has 2 atom stereocenters. The molecule has 5 heteroatoms. The Morgan fingerprint density at radius 1 is 1.38 bits per heavy atom. The molecule has 0 aliphatic carbocycles. The zero-order valence-electron chi connectivity index (χ0n) is 12.8. The van der Waals surface area contributed by atoms with Crippen LogP contribution in [0.4, 0.5) is 0 Å². The first-order chi connectivity index (χ1) is 9.83. The Hall–Kier alpha value is -1.10. The Balaban J connectivity index is 1.78. The van der Waals surface area contributed by atoms with E-state index in [2.05, 4.69) is 10.6 Å². The molecular formula is C16H23ClN2O2. The second kappa shape index (κ2) is 6.77. The van der Waals surface area contributed by atoms with Crippen LogP contribution in [0.15, 0.2) is 24.3 Å². The summed E-state index contributed by atoms with van der Waals surface area (Å²) in [5, 5.41) is 6.86. The van der Waals surface area contributed by atoms with E-state index in [1.165, 1.54) is 0 Å². The SMILES string of the molecule is CC(C)(C)OC1CNC(C(=O)NCc2ccc(Cl)cc2)C1. The molecule has 21 heavy (non-hydrogen) atoms. The quantitative estimate of drug-likeness (QED) is 0.898. The van der Waals surface area contributed by atoms with Gasteiger partial charge in [-0.3, -0.25) is 4.79 Å². The molecule has 1 aromatic carbocycles. The van der Waals surface area contributed by atoms with Crippen LogP contribution in [0.5, 0.6) is 0 Å². The molecule has 0 bridgehead atoms. The van der Waals surface area contributed by atoms with Gasteiger partial charge >= 0.3 is 0 Å². The number of halogens is 1.